The number of aryl methyl sites for hydroxylation is 1. The highest BCUT2D eigenvalue weighted by atomic mass is 19.4. The van der Waals surface area contributed by atoms with Gasteiger partial charge in [-0.1, -0.05) is 12.1 Å². The normalized spacial score (nSPS) is 14.5. The largest absolute Gasteiger partial charge is 0.455 e. The second kappa shape index (κ2) is 5.57. The summed E-state index contributed by atoms with van der Waals surface area (Å²) in [5, 5.41) is 2.19. The highest BCUT2D eigenvalue weighted by Crippen LogP contribution is 2.35. The second-order valence-electron chi connectivity index (χ2n) is 5.22. The molecule has 1 aromatic carbocycles. The Balaban J connectivity index is 1.88. The number of nitrogens with one attached hydrogen (secondary N) is 1. The SMILES string of the molecule is O=C(Nc1ccccc1C(F)(F)F)c1cc2c(o1)CCCC2=O. The lowest BCUT2D eigenvalue weighted by Crippen LogP contribution is -2.16. The summed E-state index contributed by atoms with van der Waals surface area (Å²) in [6.45, 7) is 0. The molecular formula is C16H12F3NO3. The van der Waals surface area contributed by atoms with Crippen molar-refractivity contribution in [3.8, 4) is 0 Å². The average Bonchev–Trinajstić information content (AvgIpc) is 2.92. The van der Waals surface area contributed by atoms with Crippen molar-refractivity contribution < 1.29 is 27.2 Å². The van der Waals surface area contributed by atoms with Gasteiger partial charge in [0.15, 0.2) is 11.5 Å². The van der Waals surface area contributed by atoms with Crippen LogP contribution in [0.4, 0.5) is 18.9 Å². The molecule has 1 aliphatic rings. The van der Waals surface area contributed by atoms with E-state index in [0.29, 0.717) is 30.6 Å². The number of alkyl halides is 3. The van der Waals surface area contributed by atoms with Gasteiger partial charge in [-0.15, -0.1) is 0 Å². The van der Waals surface area contributed by atoms with Crippen LogP contribution >= 0.6 is 0 Å². The van der Waals surface area contributed by atoms with Gasteiger partial charge < -0.3 is 9.73 Å². The van der Waals surface area contributed by atoms with Gasteiger partial charge in [-0.2, -0.15) is 13.2 Å². The fourth-order valence-corrected chi connectivity index (χ4v) is 2.53. The van der Waals surface area contributed by atoms with E-state index < -0.39 is 17.6 Å². The van der Waals surface area contributed by atoms with Crippen LogP contribution in [0.3, 0.4) is 0 Å². The first-order valence-corrected chi connectivity index (χ1v) is 7.00. The van der Waals surface area contributed by atoms with Crippen LogP contribution < -0.4 is 5.32 Å². The van der Waals surface area contributed by atoms with Crippen LogP contribution in [0.5, 0.6) is 0 Å². The van der Waals surface area contributed by atoms with Gasteiger partial charge in [-0.25, -0.2) is 0 Å². The van der Waals surface area contributed by atoms with Crippen molar-refractivity contribution in [3.05, 3.63) is 53.0 Å². The molecule has 2 aromatic rings. The molecule has 0 radical (unpaired) electrons. The number of hydrogen-bond acceptors (Lipinski definition) is 3. The predicted octanol–water partition coefficient (Wildman–Crippen LogP) is 4.07. The van der Waals surface area contributed by atoms with E-state index in [9.17, 15) is 22.8 Å². The monoisotopic (exact) mass is 323 g/mol. The third-order valence-corrected chi connectivity index (χ3v) is 3.62. The molecular weight excluding hydrogens is 311 g/mol. The summed E-state index contributed by atoms with van der Waals surface area (Å²) < 4.78 is 44.1. The second-order valence-corrected chi connectivity index (χ2v) is 5.22. The Kier molecular flexibility index (Phi) is 3.71. The summed E-state index contributed by atoms with van der Waals surface area (Å²) in [5.74, 6) is -0.689. The van der Waals surface area contributed by atoms with E-state index in [2.05, 4.69) is 5.32 Å². The van der Waals surface area contributed by atoms with Gasteiger partial charge in [0.2, 0.25) is 0 Å². The Morgan fingerprint density at radius 3 is 2.61 bits per heavy atom. The van der Waals surface area contributed by atoms with Crippen LogP contribution in [0.1, 0.15) is 45.1 Å². The maximum atomic E-state index is 12.9. The minimum absolute atomic E-state index is 0.121. The zero-order valence-corrected chi connectivity index (χ0v) is 11.9. The number of fused-ring (bicyclic) bond motifs is 1. The molecule has 1 N–H and O–H groups in total. The average molecular weight is 323 g/mol. The molecule has 1 amide bonds. The molecule has 0 unspecified atom stereocenters. The van der Waals surface area contributed by atoms with Gasteiger partial charge in [0, 0.05) is 18.9 Å². The summed E-state index contributed by atoms with van der Waals surface area (Å²) in [6.07, 6.45) is -3.03. The van der Waals surface area contributed by atoms with Gasteiger partial charge in [-0.3, -0.25) is 9.59 Å². The number of rotatable bonds is 2. The first-order chi connectivity index (χ1) is 10.9. The summed E-state index contributed by atoms with van der Waals surface area (Å²) >= 11 is 0. The number of anilines is 1. The number of benzene rings is 1. The summed E-state index contributed by atoms with van der Waals surface area (Å²) in [4.78, 5) is 23.9. The van der Waals surface area contributed by atoms with Crippen LogP contribution in [-0.2, 0) is 12.6 Å². The third-order valence-electron chi connectivity index (χ3n) is 3.62. The van der Waals surface area contributed by atoms with Crippen LogP contribution in [-0.4, -0.2) is 11.7 Å². The summed E-state index contributed by atoms with van der Waals surface area (Å²) in [7, 11) is 0. The molecule has 1 heterocycles. The highest BCUT2D eigenvalue weighted by molar-refractivity contribution is 6.06. The number of carbonyl (C=O) groups is 2. The molecule has 4 nitrogen and oxygen atoms in total. The molecule has 23 heavy (non-hydrogen) atoms. The van der Waals surface area contributed by atoms with E-state index >= 15 is 0 Å². The van der Waals surface area contributed by atoms with Crippen molar-refractivity contribution in [2.75, 3.05) is 5.32 Å². The van der Waals surface area contributed by atoms with Crippen molar-refractivity contribution in [2.45, 2.75) is 25.4 Å². The van der Waals surface area contributed by atoms with E-state index in [1.165, 1.54) is 18.2 Å². The summed E-state index contributed by atoms with van der Waals surface area (Å²) in [6, 6.07) is 5.97. The lowest BCUT2D eigenvalue weighted by Gasteiger charge is -2.12. The standard InChI is InChI=1S/C16H12F3NO3/c17-16(18,19)10-4-1-2-5-11(10)20-15(22)14-8-9-12(21)6-3-7-13(9)23-14/h1-2,4-5,8H,3,6-7H2,(H,20,22). The van der Waals surface area contributed by atoms with Gasteiger partial charge in [0.05, 0.1) is 16.8 Å². The molecule has 0 bridgehead atoms. The Morgan fingerprint density at radius 1 is 1.17 bits per heavy atom. The lowest BCUT2D eigenvalue weighted by molar-refractivity contribution is -0.136. The fourth-order valence-electron chi connectivity index (χ4n) is 2.53. The Labute approximate surface area is 129 Å². The minimum Gasteiger partial charge on any atom is -0.455 e. The first-order valence-electron chi connectivity index (χ1n) is 7.00. The molecule has 1 aliphatic carbocycles. The van der Waals surface area contributed by atoms with E-state index in [0.717, 1.165) is 12.1 Å². The molecule has 0 aliphatic heterocycles. The smallest absolute Gasteiger partial charge is 0.418 e. The van der Waals surface area contributed by atoms with E-state index in [4.69, 9.17) is 4.42 Å². The number of hydrogen-bond donors (Lipinski definition) is 1. The maximum absolute atomic E-state index is 12.9. The molecule has 0 atom stereocenters. The molecule has 0 fully saturated rings. The number of carbonyl (C=O) groups excluding carboxylic acids is 2. The Morgan fingerprint density at radius 2 is 1.91 bits per heavy atom. The topological polar surface area (TPSA) is 59.3 Å². The zero-order valence-electron chi connectivity index (χ0n) is 11.9. The van der Waals surface area contributed by atoms with E-state index in [1.54, 1.807) is 0 Å². The van der Waals surface area contributed by atoms with Crippen LogP contribution in [0, 0.1) is 0 Å². The van der Waals surface area contributed by atoms with Crippen molar-refractivity contribution in [1.29, 1.82) is 0 Å². The Hall–Kier alpha value is -2.57. The van der Waals surface area contributed by atoms with Crippen LogP contribution in [0.2, 0.25) is 0 Å². The molecule has 7 heteroatoms. The number of amides is 1. The van der Waals surface area contributed by atoms with E-state index in [1.807, 2.05) is 0 Å². The first kappa shape index (κ1) is 15.3. The van der Waals surface area contributed by atoms with E-state index in [-0.39, 0.29) is 17.2 Å². The van der Waals surface area contributed by atoms with Gasteiger partial charge in [0.1, 0.15) is 5.76 Å². The van der Waals surface area contributed by atoms with Crippen molar-refractivity contribution >= 4 is 17.4 Å². The molecule has 0 saturated heterocycles. The third kappa shape index (κ3) is 2.99. The maximum Gasteiger partial charge on any atom is 0.418 e. The molecule has 0 spiro atoms. The molecule has 1 aromatic heterocycles. The predicted molar refractivity (Wildman–Crippen MR) is 75.4 cm³/mol. The van der Waals surface area contributed by atoms with Crippen molar-refractivity contribution in [3.63, 3.8) is 0 Å². The molecule has 0 saturated carbocycles. The van der Waals surface area contributed by atoms with Gasteiger partial charge in [-0.05, 0) is 18.6 Å². The number of furan rings is 1. The molecule has 3 rings (SSSR count). The van der Waals surface area contributed by atoms with Gasteiger partial charge >= 0.3 is 6.18 Å². The Bertz CT molecular complexity index is 777. The lowest BCUT2D eigenvalue weighted by atomic mass is 9.97. The highest BCUT2D eigenvalue weighted by Gasteiger charge is 2.34. The minimum atomic E-state index is -4.58. The summed E-state index contributed by atoms with van der Waals surface area (Å²) in [5.41, 5.74) is -0.961. The number of ketones is 1. The number of Topliss-reactive ketones (excluding diaryl/α,β-unsaturated/α-hetero) is 1. The number of para-hydroxylation sites is 1. The fraction of sp³-hybridized carbons (Fsp3) is 0.250. The quantitative estimate of drug-likeness (QED) is 0.906. The van der Waals surface area contributed by atoms with Gasteiger partial charge in [0.25, 0.3) is 5.91 Å². The number of halogens is 3. The van der Waals surface area contributed by atoms with Crippen LogP contribution in [0.25, 0.3) is 0 Å². The zero-order chi connectivity index (χ0) is 16.6. The van der Waals surface area contributed by atoms with Crippen LogP contribution in [0.15, 0.2) is 34.7 Å². The van der Waals surface area contributed by atoms with Crippen molar-refractivity contribution in [1.82, 2.24) is 0 Å². The van der Waals surface area contributed by atoms with Crippen molar-refractivity contribution in [2.24, 2.45) is 0 Å². The molecule has 120 valence electrons.